The van der Waals surface area contributed by atoms with Crippen LogP contribution in [0.5, 0.6) is 0 Å². The third kappa shape index (κ3) is 0.941. The van der Waals surface area contributed by atoms with Crippen molar-refractivity contribution >= 4 is 12.4 Å². The lowest BCUT2D eigenvalue weighted by Crippen LogP contribution is -2.37. The van der Waals surface area contributed by atoms with E-state index in [2.05, 4.69) is 4.65 Å². The van der Waals surface area contributed by atoms with Crippen LogP contribution in [0.25, 0.3) is 0 Å². The molecule has 0 aliphatic carbocycles. The van der Waals surface area contributed by atoms with Crippen LogP contribution in [0.3, 0.4) is 0 Å². The molecule has 4 heteroatoms. The summed E-state index contributed by atoms with van der Waals surface area (Å²) in [6, 6.07) is 6.42. The van der Waals surface area contributed by atoms with Crippen molar-refractivity contribution in [1.82, 2.24) is 0 Å². The summed E-state index contributed by atoms with van der Waals surface area (Å²) in [5.74, 6) is 0. The van der Waals surface area contributed by atoms with E-state index in [-0.39, 0.29) is 12.1 Å². The number of halogens is 2. The average molecular weight is 155 g/mol. The highest BCUT2D eigenvalue weighted by molar-refractivity contribution is 6.75. The molecule has 1 aliphatic heterocycles. The van der Waals surface area contributed by atoms with E-state index in [0.717, 1.165) is 0 Å². The van der Waals surface area contributed by atoms with Crippen LogP contribution >= 0.6 is 0 Å². The third-order valence-electron chi connectivity index (χ3n) is 1.87. The van der Waals surface area contributed by atoms with Crippen LogP contribution in [0.4, 0.5) is 8.63 Å². The number of rotatable bonds is 0. The summed E-state index contributed by atoms with van der Waals surface area (Å²) in [5, 5.41) is 0. The Morgan fingerprint density at radius 2 is 2.00 bits per heavy atom. The Bertz CT molecular complexity index is 288. The highest BCUT2D eigenvalue weighted by Gasteiger charge is 2.34. The summed E-state index contributed by atoms with van der Waals surface area (Å²) in [7, 11) is 0. The predicted molar refractivity (Wildman–Crippen MR) is 38.8 cm³/mol. The molecule has 1 heterocycles. The average Bonchev–Trinajstić information content (AvgIpc) is 2.29. The van der Waals surface area contributed by atoms with Crippen molar-refractivity contribution in [3.63, 3.8) is 0 Å². The fourth-order valence-corrected chi connectivity index (χ4v) is 1.28. The molecular formula is C7H6BF2O-. The molecule has 11 heavy (non-hydrogen) atoms. The van der Waals surface area contributed by atoms with E-state index in [0.29, 0.717) is 5.56 Å². The molecule has 0 fully saturated rings. The van der Waals surface area contributed by atoms with Gasteiger partial charge in [-0.1, -0.05) is 29.8 Å². The molecule has 0 saturated heterocycles. The second kappa shape index (κ2) is 2.04. The van der Waals surface area contributed by atoms with E-state index < -0.39 is 6.90 Å². The second-order valence-electron chi connectivity index (χ2n) is 2.61. The summed E-state index contributed by atoms with van der Waals surface area (Å²) < 4.78 is 29.9. The van der Waals surface area contributed by atoms with Gasteiger partial charge in [-0.3, -0.25) is 0 Å². The smallest absolute Gasteiger partial charge is 0.476 e. The number of hydrogen-bond donors (Lipinski definition) is 0. The van der Waals surface area contributed by atoms with Gasteiger partial charge in [0, 0.05) is 6.61 Å². The van der Waals surface area contributed by atoms with E-state index in [1.807, 2.05) is 0 Å². The van der Waals surface area contributed by atoms with Crippen LogP contribution in [-0.2, 0) is 11.3 Å². The molecule has 0 atom stereocenters. The number of benzene rings is 1. The van der Waals surface area contributed by atoms with Crippen LogP contribution in [0, 0.1) is 0 Å². The molecule has 1 aromatic carbocycles. The lowest BCUT2D eigenvalue weighted by molar-refractivity contribution is 0.243. The molecule has 0 saturated carbocycles. The maximum atomic E-state index is 12.8. The molecule has 0 amide bonds. The van der Waals surface area contributed by atoms with E-state index in [4.69, 9.17) is 0 Å². The lowest BCUT2D eigenvalue weighted by Gasteiger charge is -2.16. The zero-order chi connectivity index (χ0) is 7.90. The van der Waals surface area contributed by atoms with Crippen LogP contribution in [-0.4, -0.2) is 6.90 Å². The summed E-state index contributed by atoms with van der Waals surface area (Å²) in [4.78, 5) is 0. The molecule has 0 bridgehead atoms. The van der Waals surface area contributed by atoms with Crippen molar-refractivity contribution in [1.29, 1.82) is 0 Å². The van der Waals surface area contributed by atoms with Gasteiger partial charge in [0.2, 0.25) is 0 Å². The van der Waals surface area contributed by atoms with Crippen LogP contribution < -0.4 is 5.46 Å². The first-order valence-corrected chi connectivity index (χ1v) is 3.43. The summed E-state index contributed by atoms with van der Waals surface area (Å²) in [6.07, 6.45) is 0. The van der Waals surface area contributed by atoms with Crippen molar-refractivity contribution < 1.29 is 13.3 Å². The molecule has 1 aliphatic rings. The molecule has 58 valence electrons. The zero-order valence-corrected chi connectivity index (χ0v) is 5.76. The fraction of sp³-hybridized carbons (Fsp3) is 0.143. The molecule has 0 spiro atoms. The van der Waals surface area contributed by atoms with Crippen LogP contribution in [0.1, 0.15) is 5.56 Å². The van der Waals surface area contributed by atoms with Gasteiger partial charge >= 0.3 is 6.90 Å². The molecule has 0 N–H and O–H groups in total. The summed E-state index contributed by atoms with van der Waals surface area (Å²) >= 11 is 0. The molecule has 0 aromatic heterocycles. The monoisotopic (exact) mass is 155 g/mol. The topological polar surface area (TPSA) is 9.23 Å². The maximum Gasteiger partial charge on any atom is 0.476 e. The first kappa shape index (κ1) is 6.79. The summed E-state index contributed by atoms with van der Waals surface area (Å²) in [5.41, 5.74) is 0.671. The normalized spacial score (nSPS) is 19.8. The SMILES string of the molecule is F[B-]1(F)OCc2ccccc21. The minimum atomic E-state index is -3.70. The largest absolute Gasteiger partial charge is 0.531 e. The van der Waals surface area contributed by atoms with E-state index in [1.54, 1.807) is 18.2 Å². The van der Waals surface area contributed by atoms with Gasteiger partial charge in [-0.25, -0.2) is 0 Å². The van der Waals surface area contributed by atoms with Gasteiger partial charge in [-0.15, -0.1) is 5.46 Å². The highest BCUT2D eigenvalue weighted by atomic mass is 19.3. The van der Waals surface area contributed by atoms with E-state index in [9.17, 15) is 8.63 Å². The molecular weight excluding hydrogens is 149 g/mol. The van der Waals surface area contributed by atoms with Crippen LogP contribution in [0.2, 0.25) is 0 Å². The Kier molecular flexibility index (Phi) is 1.26. The van der Waals surface area contributed by atoms with Crippen molar-refractivity contribution in [2.45, 2.75) is 6.61 Å². The Labute approximate surface area is 63.0 Å². The second-order valence-corrected chi connectivity index (χ2v) is 2.61. The Balaban J connectivity index is 2.56. The van der Waals surface area contributed by atoms with E-state index in [1.165, 1.54) is 6.07 Å². The Hall–Kier alpha value is -0.895. The molecule has 0 unspecified atom stereocenters. The van der Waals surface area contributed by atoms with Gasteiger partial charge in [0.1, 0.15) is 0 Å². The fourth-order valence-electron chi connectivity index (χ4n) is 1.28. The highest BCUT2D eigenvalue weighted by Crippen LogP contribution is 2.20. The van der Waals surface area contributed by atoms with Gasteiger partial charge in [0.15, 0.2) is 0 Å². The first-order valence-electron chi connectivity index (χ1n) is 3.43. The van der Waals surface area contributed by atoms with Gasteiger partial charge in [0.05, 0.1) is 0 Å². The van der Waals surface area contributed by atoms with Gasteiger partial charge in [-0.05, 0) is 0 Å². The third-order valence-corrected chi connectivity index (χ3v) is 1.87. The Morgan fingerprint density at radius 1 is 1.27 bits per heavy atom. The molecule has 0 radical (unpaired) electrons. The number of fused-ring (bicyclic) bond motifs is 1. The zero-order valence-electron chi connectivity index (χ0n) is 5.76. The Morgan fingerprint density at radius 3 is 2.73 bits per heavy atom. The molecule has 1 aromatic rings. The summed E-state index contributed by atoms with van der Waals surface area (Å²) in [6.45, 7) is -3.65. The van der Waals surface area contributed by atoms with Gasteiger partial charge in [-0.2, -0.15) is 0 Å². The maximum absolute atomic E-state index is 12.8. The van der Waals surface area contributed by atoms with Crippen molar-refractivity contribution in [3.8, 4) is 0 Å². The van der Waals surface area contributed by atoms with Crippen molar-refractivity contribution in [3.05, 3.63) is 29.8 Å². The van der Waals surface area contributed by atoms with E-state index >= 15 is 0 Å². The first-order chi connectivity index (χ1) is 5.20. The minimum Gasteiger partial charge on any atom is -0.531 e. The molecule has 2 rings (SSSR count). The minimum absolute atomic E-state index is 0.0448. The molecule has 1 nitrogen and oxygen atoms in total. The van der Waals surface area contributed by atoms with Crippen LogP contribution in [0.15, 0.2) is 24.3 Å². The van der Waals surface area contributed by atoms with Crippen molar-refractivity contribution in [2.75, 3.05) is 0 Å². The number of hydrogen-bond acceptors (Lipinski definition) is 1. The van der Waals surface area contributed by atoms with Gasteiger partial charge in [0.25, 0.3) is 0 Å². The predicted octanol–water partition coefficient (Wildman–Crippen LogP) is 1.30. The quantitative estimate of drug-likeness (QED) is 0.513. The lowest BCUT2D eigenvalue weighted by atomic mass is 9.77. The van der Waals surface area contributed by atoms with Crippen molar-refractivity contribution in [2.24, 2.45) is 0 Å². The van der Waals surface area contributed by atoms with Gasteiger partial charge < -0.3 is 13.3 Å². The standard InChI is InChI=1S/C7H6BF2O/c9-8(10)7-4-2-1-3-6(7)5-11-8/h1-4H,5H2/q-1.